The van der Waals surface area contributed by atoms with E-state index in [1.807, 2.05) is 26.8 Å². The molecule has 7 atom stereocenters. The van der Waals surface area contributed by atoms with Gasteiger partial charge in [-0.25, -0.2) is 0 Å². The van der Waals surface area contributed by atoms with E-state index in [2.05, 4.69) is 0 Å². The Balaban J connectivity index is 1.90. The third-order valence-corrected chi connectivity index (χ3v) is 8.20. The van der Waals surface area contributed by atoms with Crippen molar-refractivity contribution < 1.29 is 29.6 Å². The summed E-state index contributed by atoms with van der Waals surface area (Å²) in [5.74, 6) is -2.42. The summed E-state index contributed by atoms with van der Waals surface area (Å²) in [5, 5.41) is 33.4. The first-order chi connectivity index (χ1) is 12.9. The molecule has 0 aromatic rings. The van der Waals surface area contributed by atoms with Crippen LogP contribution in [0.25, 0.3) is 0 Å². The van der Waals surface area contributed by atoms with Gasteiger partial charge in [0.2, 0.25) is 0 Å². The standard InChI is InChI=1S/C22H30O6/c1-11-6-16-20(26,18(11)25)9-14(10-23)7-15-17-19(4,5)21(17,28-13(3)24)8-12(2)22(15,16)27/h6-7,12,15-17,23,26-27H,8-10H2,1-5H3/t12-,15+,16?,17-,20-,21+,22-/m1/s1. The molecule has 154 valence electrons. The molecule has 0 aromatic heterocycles. The minimum atomic E-state index is -1.75. The number of hydrogen-bond donors (Lipinski definition) is 3. The predicted molar refractivity (Wildman–Crippen MR) is 101 cm³/mol. The van der Waals surface area contributed by atoms with Crippen LogP contribution in [-0.2, 0) is 14.3 Å². The lowest BCUT2D eigenvalue weighted by Gasteiger charge is -2.50. The number of hydrogen-bond acceptors (Lipinski definition) is 6. The molecule has 6 nitrogen and oxygen atoms in total. The van der Waals surface area contributed by atoms with Crippen LogP contribution in [0.2, 0.25) is 0 Å². The van der Waals surface area contributed by atoms with E-state index in [9.17, 15) is 24.9 Å². The first kappa shape index (κ1) is 19.8. The normalized spacial score (nSPS) is 48.5. The van der Waals surface area contributed by atoms with E-state index in [1.165, 1.54) is 6.92 Å². The zero-order chi connectivity index (χ0) is 20.9. The van der Waals surface area contributed by atoms with Crippen LogP contribution < -0.4 is 0 Å². The molecule has 1 unspecified atom stereocenters. The zero-order valence-corrected chi connectivity index (χ0v) is 17.2. The van der Waals surface area contributed by atoms with Gasteiger partial charge in [-0.05, 0) is 30.4 Å². The molecule has 0 radical (unpaired) electrons. The molecule has 4 aliphatic rings. The summed E-state index contributed by atoms with van der Waals surface area (Å²) in [6, 6.07) is 0. The summed E-state index contributed by atoms with van der Waals surface area (Å²) in [6.07, 6.45) is 4.00. The van der Waals surface area contributed by atoms with Gasteiger partial charge in [0.1, 0.15) is 11.2 Å². The Morgan fingerprint density at radius 2 is 1.93 bits per heavy atom. The summed E-state index contributed by atoms with van der Waals surface area (Å²) in [7, 11) is 0. The minimum Gasteiger partial charge on any atom is -0.458 e. The van der Waals surface area contributed by atoms with E-state index in [-0.39, 0.29) is 42.0 Å². The Labute approximate surface area is 165 Å². The molecule has 0 saturated heterocycles. The summed E-state index contributed by atoms with van der Waals surface area (Å²) < 4.78 is 5.83. The maximum Gasteiger partial charge on any atom is 0.303 e. The molecule has 6 heteroatoms. The molecule has 0 heterocycles. The van der Waals surface area contributed by atoms with Crippen LogP contribution >= 0.6 is 0 Å². The smallest absolute Gasteiger partial charge is 0.303 e. The van der Waals surface area contributed by atoms with Crippen molar-refractivity contribution in [3.8, 4) is 0 Å². The van der Waals surface area contributed by atoms with E-state index in [0.29, 0.717) is 17.6 Å². The largest absolute Gasteiger partial charge is 0.458 e. The molecule has 3 N–H and O–H groups in total. The molecular formula is C22H30O6. The highest BCUT2D eigenvalue weighted by molar-refractivity contribution is 6.04. The van der Waals surface area contributed by atoms with Crippen LogP contribution in [0, 0.1) is 29.1 Å². The Kier molecular flexibility index (Phi) is 3.93. The van der Waals surface area contributed by atoms with Gasteiger partial charge in [0, 0.05) is 36.5 Å². The molecule has 2 saturated carbocycles. The fourth-order valence-corrected chi connectivity index (χ4v) is 6.85. The minimum absolute atomic E-state index is 0.0000834. The van der Waals surface area contributed by atoms with Gasteiger partial charge < -0.3 is 20.1 Å². The Hall–Kier alpha value is -1.50. The SMILES string of the molecule is CC(=O)O[C@@]12C[C@@H](C)[C@]3(O)C4C=C(C)C(=O)[C@@]4(O)CC(CO)=C[C@H]3[C@@H]1C2(C)C. The van der Waals surface area contributed by atoms with Crippen molar-refractivity contribution in [3.05, 3.63) is 23.3 Å². The third-order valence-electron chi connectivity index (χ3n) is 8.20. The highest BCUT2D eigenvalue weighted by Gasteiger charge is 2.83. The number of aliphatic hydroxyl groups is 3. The molecule has 4 aliphatic carbocycles. The van der Waals surface area contributed by atoms with Crippen molar-refractivity contribution >= 4 is 11.8 Å². The van der Waals surface area contributed by atoms with Gasteiger partial charge in [0.15, 0.2) is 5.78 Å². The number of ketones is 1. The van der Waals surface area contributed by atoms with Gasteiger partial charge in [0.25, 0.3) is 0 Å². The Morgan fingerprint density at radius 1 is 1.29 bits per heavy atom. The highest BCUT2D eigenvalue weighted by Crippen LogP contribution is 2.76. The molecule has 0 aromatic carbocycles. The second-order valence-electron chi connectivity index (χ2n) is 9.94. The number of fused-ring (bicyclic) bond motifs is 5. The number of ether oxygens (including phenoxy) is 1. The molecule has 28 heavy (non-hydrogen) atoms. The van der Waals surface area contributed by atoms with Gasteiger partial charge in [-0.15, -0.1) is 0 Å². The van der Waals surface area contributed by atoms with Gasteiger partial charge in [-0.3, -0.25) is 9.59 Å². The number of aliphatic hydroxyl groups excluding tert-OH is 1. The monoisotopic (exact) mass is 390 g/mol. The van der Waals surface area contributed by atoms with Crippen molar-refractivity contribution in [1.82, 2.24) is 0 Å². The van der Waals surface area contributed by atoms with Crippen molar-refractivity contribution in [2.45, 2.75) is 64.3 Å². The van der Waals surface area contributed by atoms with Crippen LogP contribution in [0.3, 0.4) is 0 Å². The number of rotatable bonds is 2. The quantitative estimate of drug-likeness (QED) is 0.488. The first-order valence-corrected chi connectivity index (χ1v) is 10.0. The van der Waals surface area contributed by atoms with E-state index in [4.69, 9.17) is 4.74 Å². The van der Waals surface area contributed by atoms with Crippen LogP contribution in [0.1, 0.15) is 47.5 Å². The molecular weight excluding hydrogens is 360 g/mol. The van der Waals surface area contributed by atoms with Crippen LogP contribution in [-0.4, -0.2) is 50.5 Å². The van der Waals surface area contributed by atoms with Gasteiger partial charge in [-0.2, -0.15) is 0 Å². The van der Waals surface area contributed by atoms with Crippen LogP contribution in [0.5, 0.6) is 0 Å². The second kappa shape index (κ2) is 5.55. The summed E-state index contributed by atoms with van der Waals surface area (Å²) >= 11 is 0. The summed E-state index contributed by atoms with van der Waals surface area (Å²) in [4.78, 5) is 24.7. The summed E-state index contributed by atoms with van der Waals surface area (Å²) in [5.41, 5.74) is -3.19. The van der Waals surface area contributed by atoms with Gasteiger partial charge >= 0.3 is 5.97 Å². The molecule has 0 amide bonds. The van der Waals surface area contributed by atoms with Crippen LogP contribution in [0.15, 0.2) is 23.3 Å². The van der Waals surface area contributed by atoms with Crippen molar-refractivity contribution in [2.75, 3.05) is 6.61 Å². The average Bonchev–Trinajstić information content (AvgIpc) is 2.99. The lowest BCUT2D eigenvalue weighted by atomic mass is 9.60. The molecule has 0 bridgehead atoms. The third kappa shape index (κ3) is 2.09. The number of carbonyl (C=O) groups is 2. The summed E-state index contributed by atoms with van der Waals surface area (Å²) in [6.45, 7) is 8.72. The lowest BCUT2D eigenvalue weighted by molar-refractivity contribution is -0.186. The fraction of sp³-hybridized carbons (Fsp3) is 0.727. The maximum absolute atomic E-state index is 12.8. The maximum atomic E-state index is 12.8. The molecule has 0 spiro atoms. The highest BCUT2D eigenvalue weighted by atomic mass is 16.6. The van der Waals surface area contributed by atoms with Crippen molar-refractivity contribution in [3.63, 3.8) is 0 Å². The average molecular weight is 390 g/mol. The van der Waals surface area contributed by atoms with Gasteiger partial charge in [0.05, 0.1) is 12.2 Å². The molecule has 2 fully saturated rings. The van der Waals surface area contributed by atoms with Crippen LogP contribution in [0.4, 0.5) is 0 Å². The Bertz CT molecular complexity index is 825. The molecule has 0 aliphatic heterocycles. The Morgan fingerprint density at radius 3 is 2.50 bits per heavy atom. The first-order valence-electron chi connectivity index (χ1n) is 10.0. The van der Waals surface area contributed by atoms with Crippen molar-refractivity contribution in [2.24, 2.45) is 29.1 Å². The molecule has 4 rings (SSSR count). The predicted octanol–water partition coefficient (Wildman–Crippen LogP) is 1.53. The number of carbonyl (C=O) groups excluding carboxylic acids is 2. The van der Waals surface area contributed by atoms with E-state index < -0.39 is 28.6 Å². The topological polar surface area (TPSA) is 104 Å². The van der Waals surface area contributed by atoms with E-state index >= 15 is 0 Å². The fourth-order valence-electron chi connectivity index (χ4n) is 6.85. The zero-order valence-electron chi connectivity index (χ0n) is 17.2. The van der Waals surface area contributed by atoms with Crippen molar-refractivity contribution in [1.29, 1.82) is 0 Å². The lowest BCUT2D eigenvalue weighted by Crippen LogP contribution is -2.61. The number of esters is 1. The van der Waals surface area contributed by atoms with E-state index in [0.717, 1.165) is 0 Å². The number of Topliss-reactive ketones (excluding diaryl/α,β-unsaturated/α-hetero) is 1. The van der Waals surface area contributed by atoms with Gasteiger partial charge in [-0.1, -0.05) is 32.9 Å². The second-order valence-corrected chi connectivity index (χ2v) is 9.94. The van der Waals surface area contributed by atoms with E-state index in [1.54, 1.807) is 13.0 Å².